The summed E-state index contributed by atoms with van der Waals surface area (Å²) < 4.78 is 34.6. The summed E-state index contributed by atoms with van der Waals surface area (Å²) in [5.41, 5.74) is 1.85. The van der Waals surface area contributed by atoms with Gasteiger partial charge in [0.15, 0.2) is 0 Å². The van der Waals surface area contributed by atoms with Crippen LogP contribution in [-0.2, 0) is 26.3 Å². The number of hydrogen-bond donors (Lipinski definition) is 0. The molecule has 2 heterocycles. The van der Waals surface area contributed by atoms with Crippen molar-refractivity contribution in [2.75, 3.05) is 24.8 Å². The van der Waals surface area contributed by atoms with Gasteiger partial charge >= 0.3 is 0 Å². The quantitative estimate of drug-likeness (QED) is 0.569. The fourth-order valence-corrected chi connectivity index (χ4v) is 5.84. The molecule has 0 radical (unpaired) electrons. The Morgan fingerprint density at radius 3 is 2.72 bits per heavy atom. The van der Waals surface area contributed by atoms with E-state index in [2.05, 4.69) is 25.8 Å². The Balaban J connectivity index is 1.66. The SMILES string of the molecule is COc1ccc(CN2C[C@@]3(CC[C@@H](OS(C)(=O)=O)C3)c3c2ncc(Br)c3Cl)cc1. The van der Waals surface area contributed by atoms with Gasteiger partial charge in [-0.1, -0.05) is 23.7 Å². The highest BCUT2D eigenvalue weighted by atomic mass is 79.9. The highest BCUT2D eigenvalue weighted by Gasteiger charge is 2.51. The Hall–Kier alpha value is -1.35. The van der Waals surface area contributed by atoms with Crippen molar-refractivity contribution >= 4 is 43.5 Å². The second kappa shape index (κ2) is 7.72. The van der Waals surface area contributed by atoms with E-state index in [0.717, 1.165) is 46.4 Å². The van der Waals surface area contributed by atoms with E-state index >= 15 is 0 Å². The van der Waals surface area contributed by atoms with E-state index in [0.29, 0.717) is 24.4 Å². The molecule has 156 valence electrons. The molecule has 9 heteroatoms. The summed E-state index contributed by atoms with van der Waals surface area (Å²) in [7, 11) is -1.85. The van der Waals surface area contributed by atoms with Crippen molar-refractivity contribution in [2.24, 2.45) is 0 Å². The highest BCUT2D eigenvalue weighted by Crippen LogP contribution is 2.54. The minimum atomic E-state index is -3.50. The molecule has 0 amide bonds. The molecular weight excluding hydrogens is 480 g/mol. The minimum Gasteiger partial charge on any atom is -0.497 e. The van der Waals surface area contributed by atoms with E-state index in [1.807, 2.05) is 24.3 Å². The number of pyridine rings is 1. The number of hydrogen-bond acceptors (Lipinski definition) is 6. The van der Waals surface area contributed by atoms with Gasteiger partial charge in [0, 0.05) is 30.3 Å². The van der Waals surface area contributed by atoms with Crippen LogP contribution in [0.2, 0.25) is 5.02 Å². The first-order chi connectivity index (χ1) is 13.7. The predicted molar refractivity (Wildman–Crippen MR) is 116 cm³/mol. The molecule has 1 spiro atoms. The fourth-order valence-electron chi connectivity index (χ4n) is 4.54. The van der Waals surface area contributed by atoms with Gasteiger partial charge in [-0.3, -0.25) is 4.18 Å². The molecule has 1 saturated carbocycles. The fraction of sp³-hybridized carbons (Fsp3) is 0.450. The van der Waals surface area contributed by atoms with Crippen LogP contribution in [0.25, 0.3) is 0 Å². The second-order valence-corrected chi connectivity index (χ2v) is 10.6. The Bertz CT molecular complexity index is 1030. The summed E-state index contributed by atoms with van der Waals surface area (Å²) in [5.74, 6) is 1.67. The maximum atomic E-state index is 11.6. The largest absolute Gasteiger partial charge is 0.497 e. The van der Waals surface area contributed by atoms with Crippen LogP contribution in [0.4, 0.5) is 5.82 Å². The number of halogens is 2. The van der Waals surface area contributed by atoms with Crippen LogP contribution >= 0.6 is 27.5 Å². The molecule has 4 rings (SSSR count). The normalized spacial score (nSPS) is 23.6. The van der Waals surface area contributed by atoms with E-state index in [1.54, 1.807) is 13.3 Å². The zero-order valence-corrected chi connectivity index (χ0v) is 19.3. The summed E-state index contributed by atoms with van der Waals surface area (Å²) in [4.78, 5) is 6.88. The van der Waals surface area contributed by atoms with Crippen molar-refractivity contribution in [3.8, 4) is 5.75 Å². The number of fused-ring (bicyclic) bond motifs is 2. The lowest BCUT2D eigenvalue weighted by atomic mass is 9.81. The van der Waals surface area contributed by atoms with Crippen LogP contribution in [0.1, 0.15) is 30.4 Å². The van der Waals surface area contributed by atoms with Gasteiger partial charge in [0.2, 0.25) is 0 Å². The lowest BCUT2D eigenvalue weighted by molar-refractivity contribution is 0.210. The van der Waals surface area contributed by atoms with E-state index < -0.39 is 10.1 Å². The zero-order valence-electron chi connectivity index (χ0n) is 16.2. The maximum Gasteiger partial charge on any atom is 0.264 e. The molecule has 2 atom stereocenters. The van der Waals surface area contributed by atoms with E-state index in [1.165, 1.54) is 0 Å². The van der Waals surface area contributed by atoms with Gasteiger partial charge in [0.05, 0.1) is 29.0 Å². The summed E-state index contributed by atoms with van der Waals surface area (Å²) in [6, 6.07) is 7.95. The second-order valence-electron chi connectivity index (χ2n) is 7.77. The number of benzene rings is 1. The average Bonchev–Trinajstić information content (AvgIpc) is 3.18. The number of aromatic nitrogens is 1. The van der Waals surface area contributed by atoms with E-state index in [4.69, 9.17) is 20.5 Å². The van der Waals surface area contributed by atoms with Gasteiger partial charge in [-0.25, -0.2) is 4.98 Å². The third kappa shape index (κ3) is 4.13. The van der Waals surface area contributed by atoms with Gasteiger partial charge in [0.25, 0.3) is 10.1 Å². The number of ether oxygens (including phenoxy) is 1. The molecular formula is C20H22BrClN2O4S. The molecule has 1 aromatic carbocycles. The molecule has 1 aliphatic heterocycles. The summed E-state index contributed by atoms with van der Waals surface area (Å²) in [6.45, 7) is 1.41. The average molecular weight is 502 g/mol. The van der Waals surface area contributed by atoms with Gasteiger partial charge in [-0.05, 0) is 52.9 Å². The van der Waals surface area contributed by atoms with Crippen molar-refractivity contribution < 1.29 is 17.3 Å². The third-order valence-corrected chi connectivity index (χ3v) is 7.53. The van der Waals surface area contributed by atoms with Crippen LogP contribution in [0, 0.1) is 0 Å². The first-order valence-corrected chi connectivity index (χ1v) is 12.3. The van der Waals surface area contributed by atoms with Gasteiger partial charge < -0.3 is 9.64 Å². The van der Waals surface area contributed by atoms with E-state index in [9.17, 15) is 8.42 Å². The summed E-state index contributed by atoms with van der Waals surface area (Å²) in [6.07, 6.45) is 4.56. The molecule has 1 aromatic heterocycles. The van der Waals surface area contributed by atoms with Crippen molar-refractivity contribution in [1.82, 2.24) is 4.98 Å². The monoisotopic (exact) mass is 500 g/mol. The molecule has 2 aliphatic rings. The molecule has 0 bridgehead atoms. The van der Waals surface area contributed by atoms with Crippen molar-refractivity contribution in [1.29, 1.82) is 0 Å². The maximum absolute atomic E-state index is 11.6. The zero-order chi connectivity index (χ0) is 20.8. The molecule has 0 N–H and O–H groups in total. The van der Waals surface area contributed by atoms with Crippen LogP contribution in [0.5, 0.6) is 5.75 Å². The number of anilines is 1. The molecule has 1 aliphatic carbocycles. The highest BCUT2D eigenvalue weighted by molar-refractivity contribution is 9.10. The van der Waals surface area contributed by atoms with Gasteiger partial charge in [-0.15, -0.1) is 0 Å². The van der Waals surface area contributed by atoms with Crippen LogP contribution in [0.3, 0.4) is 0 Å². The summed E-state index contributed by atoms with van der Waals surface area (Å²) >= 11 is 10.2. The van der Waals surface area contributed by atoms with Crippen LogP contribution in [0.15, 0.2) is 34.9 Å². The molecule has 2 aromatic rings. The molecule has 29 heavy (non-hydrogen) atoms. The Kier molecular flexibility index (Phi) is 5.57. The topological polar surface area (TPSA) is 68.7 Å². The molecule has 6 nitrogen and oxygen atoms in total. The van der Waals surface area contributed by atoms with E-state index in [-0.39, 0.29) is 11.5 Å². The number of rotatable bonds is 5. The van der Waals surface area contributed by atoms with Crippen LogP contribution < -0.4 is 9.64 Å². The van der Waals surface area contributed by atoms with Crippen LogP contribution in [-0.4, -0.2) is 39.4 Å². The molecule has 0 saturated heterocycles. The Labute approximate surface area is 184 Å². The third-order valence-electron chi connectivity index (χ3n) is 5.68. The first kappa shape index (κ1) is 20.9. The summed E-state index contributed by atoms with van der Waals surface area (Å²) in [5, 5.41) is 0.646. The lowest BCUT2D eigenvalue weighted by Crippen LogP contribution is -2.32. The number of nitrogens with zero attached hydrogens (tertiary/aromatic N) is 2. The van der Waals surface area contributed by atoms with Crippen molar-refractivity contribution in [2.45, 2.75) is 37.3 Å². The Morgan fingerprint density at radius 2 is 2.07 bits per heavy atom. The van der Waals surface area contributed by atoms with Crippen molar-refractivity contribution in [3.05, 3.63) is 51.1 Å². The predicted octanol–water partition coefficient (Wildman–Crippen LogP) is 4.29. The van der Waals surface area contributed by atoms with Gasteiger partial charge in [-0.2, -0.15) is 8.42 Å². The van der Waals surface area contributed by atoms with Crippen molar-refractivity contribution in [3.63, 3.8) is 0 Å². The molecule has 1 fully saturated rings. The Morgan fingerprint density at radius 1 is 1.34 bits per heavy atom. The smallest absolute Gasteiger partial charge is 0.264 e. The lowest BCUT2D eigenvalue weighted by Gasteiger charge is -2.26. The first-order valence-electron chi connectivity index (χ1n) is 9.31. The van der Waals surface area contributed by atoms with Gasteiger partial charge in [0.1, 0.15) is 11.6 Å². The minimum absolute atomic E-state index is 0.273. The number of methoxy groups -OCH3 is 1. The standard InChI is InChI=1S/C20H22BrClN2O4S/c1-27-14-5-3-13(4-6-14)11-24-12-20(8-7-15(9-20)28-29(2,25)26)17-18(22)16(21)10-23-19(17)24/h3-6,10,15H,7-9,11-12H2,1-2H3/t15-,20+/m1/s1. The molecule has 0 unspecified atom stereocenters.